The first kappa shape index (κ1) is 30.5. The molecule has 1 unspecified atom stereocenters. The van der Waals surface area contributed by atoms with Gasteiger partial charge in [-0.3, -0.25) is 0 Å². The molecule has 2 aliphatic rings. The molecule has 0 amide bonds. The maximum Gasteiger partial charge on any atom is 0.573 e. The third-order valence-electron chi connectivity index (χ3n) is 7.02. The molecule has 1 aliphatic heterocycles. The Balaban J connectivity index is 0.00000228. The number of aliphatic hydroxyl groups is 1. The van der Waals surface area contributed by atoms with Crippen molar-refractivity contribution in [2.45, 2.75) is 50.0 Å². The monoisotopic (exact) mass is 550 g/mol. The van der Waals surface area contributed by atoms with Crippen molar-refractivity contribution in [2.75, 3.05) is 39.8 Å². The molecule has 0 aromatic heterocycles. The molecular weight excluding hydrogens is 516 g/mol. The molecule has 5 nitrogen and oxygen atoms in total. The Morgan fingerprint density at radius 3 is 2.36 bits per heavy atom. The maximum absolute atomic E-state index is 12.8. The van der Waals surface area contributed by atoms with Crippen molar-refractivity contribution in [3.8, 4) is 22.6 Å². The lowest BCUT2D eigenvalue weighted by Gasteiger charge is -2.42. The molecule has 1 saturated heterocycles. The van der Waals surface area contributed by atoms with Gasteiger partial charge in [0, 0.05) is 44.2 Å². The van der Waals surface area contributed by atoms with Crippen LogP contribution in [0.5, 0.6) is 11.5 Å². The standard InChI is InChI=1S/C26H33F3N2O3.2ClH/c1-33-24-9-8-20(17-22(24)19-6-5-7-21(16-19)34-26(27,28)29)23(18-31-14-12-30-13-15-31)25(32)10-3-2-4-11-25;;/h5-9,16-17,23,30,32H,2-4,10-15,18H2,1H3;2*1H. The highest BCUT2D eigenvalue weighted by Gasteiger charge is 2.40. The van der Waals surface area contributed by atoms with Gasteiger partial charge in [0.2, 0.25) is 0 Å². The van der Waals surface area contributed by atoms with Crippen molar-refractivity contribution < 1.29 is 27.8 Å². The molecule has 1 aliphatic carbocycles. The zero-order valence-corrected chi connectivity index (χ0v) is 22.0. The number of methoxy groups -OCH3 is 1. The molecule has 36 heavy (non-hydrogen) atoms. The number of rotatable bonds is 7. The number of alkyl halides is 3. The molecular formula is C26H35Cl2F3N2O3. The van der Waals surface area contributed by atoms with Gasteiger partial charge in [-0.15, -0.1) is 38.0 Å². The van der Waals surface area contributed by atoms with Crippen LogP contribution in [-0.2, 0) is 0 Å². The zero-order valence-electron chi connectivity index (χ0n) is 20.4. The highest BCUT2D eigenvalue weighted by Crippen LogP contribution is 2.43. The zero-order chi connectivity index (χ0) is 24.2. The van der Waals surface area contributed by atoms with Gasteiger partial charge in [-0.05, 0) is 48.2 Å². The van der Waals surface area contributed by atoms with Gasteiger partial charge in [-0.1, -0.05) is 37.5 Å². The molecule has 2 N–H and O–H groups in total. The van der Waals surface area contributed by atoms with Gasteiger partial charge in [0.25, 0.3) is 0 Å². The number of hydrogen-bond donors (Lipinski definition) is 2. The smallest absolute Gasteiger partial charge is 0.496 e. The molecule has 1 saturated carbocycles. The highest BCUT2D eigenvalue weighted by molar-refractivity contribution is 5.85. The highest BCUT2D eigenvalue weighted by atomic mass is 35.5. The third kappa shape index (κ3) is 7.65. The summed E-state index contributed by atoms with van der Waals surface area (Å²) < 4.78 is 48.0. The number of nitrogens with one attached hydrogen (secondary N) is 1. The van der Waals surface area contributed by atoms with Crippen LogP contribution in [0.3, 0.4) is 0 Å². The number of benzene rings is 2. The van der Waals surface area contributed by atoms with E-state index in [-0.39, 0.29) is 36.5 Å². The van der Waals surface area contributed by atoms with E-state index >= 15 is 0 Å². The molecule has 0 radical (unpaired) electrons. The van der Waals surface area contributed by atoms with Crippen LogP contribution in [0.1, 0.15) is 43.6 Å². The molecule has 0 bridgehead atoms. The minimum Gasteiger partial charge on any atom is -0.496 e. The summed E-state index contributed by atoms with van der Waals surface area (Å²) in [6.45, 7) is 4.43. The second-order valence-electron chi connectivity index (χ2n) is 9.30. The Hall–Kier alpha value is -1.71. The number of hydrogen-bond acceptors (Lipinski definition) is 5. The Kier molecular flexibility index (Phi) is 11.2. The number of halogens is 5. The van der Waals surface area contributed by atoms with Crippen LogP contribution in [0.2, 0.25) is 0 Å². The minimum absolute atomic E-state index is 0. The van der Waals surface area contributed by atoms with E-state index in [1.807, 2.05) is 18.2 Å². The summed E-state index contributed by atoms with van der Waals surface area (Å²) in [6.07, 6.45) is -0.144. The molecule has 2 aromatic carbocycles. The Labute approximate surface area is 223 Å². The van der Waals surface area contributed by atoms with Crippen LogP contribution in [0.25, 0.3) is 11.1 Å². The second-order valence-corrected chi connectivity index (χ2v) is 9.30. The molecule has 202 valence electrons. The molecule has 4 rings (SSSR count). The van der Waals surface area contributed by atoms with Gasteiger partial charge in [0.15, 0.2) is 0 Å². The van der Waals surface area contributed by atoms with Crippen molar-refractivity contribution in [3.63, 3.8) is 0 Å². The summed E-state index contributed by atoms with van der Waals surface area (Å²) in [5, 5.41) is 15.1. The van der Waals surface area contributed by atoms with E-state index < -0.39 is 12.0 Å². The first-order valence-electron chi connectivity index (χ1n) is 12.0. The molecule has 0 spiro atoms. The van der Waals surface area contributed by atoms with Gasteiger partial charge in [0.05, 0.1) is 12.7 Å². The van der Waals surface area contributed by atoms with Crippen molar-refractivity contribution in [3.05, 3.63) is 48.0 Å². The van der Waals surface area contributed by atoms with Crippen LogP contribution in [0.4, 0.5) is 13.2 Å². The van der Waals surface area contributed by atoms with Gasteiger partial charge < -0.3 is 24.8 Å². The topological polar surface area (TPSA) is 54.0 Å². The van der Waals surface area contributed by atoms with Crippen molar-refractivity contribution in [2.24, 2.45) is 0 Å². The fourth-order valence-electron chi connectivity index (χ4n) is 5.28. The molecule has 10 heteroatoms. The lowest BCUT2D eigenvalue weighted by Crippen LogP contribution is -2.49. The lowest BCUT2D eigenvalue weighted by molar-refractivity contribution is -0.274. The van der Waals surface area contributed by atoms with Crippen LogP contribution in [-0.4, -0.2) is 61.8 Å². The van der Waals surface area contributed by atoms with E-state index in [9.17, 15) is 18.3 Å². The van der Waals surface area contributed by atoms with Crippen molar-refractivity contribution in [1.29, 1.82) is 0 Å². The average Bonchev–Trinajstić information content (AvgIpc) is 2.82. The van der Waals surface area contributed by atoms with Crippen molar-refractivity contribution in [1.82, 2.24) is 10.2 Å². The summed E-state index contributed by atoms with van der Waals surface area (Å²) >= 11 is 0. The lowest BCUT2D eigenvalue weighted by atomic mass is 9.72. The predicted molar refractivity (Wildman–Crippen MR) is 140 cm³/mol. The molecule has 1 atom stereocenters. The molecule has 2 aromatic rings. The first-order chi connectivity index (χ1) is 16.3. The summed E-state index contributed by atoms with van der Waals surface area (Å²) in [4.78, 5) is 2.38. The largest absolute Gasteiger partial charge is 0.573 e. The van der Waals surface area contributed by atoms with E-state index in [1.165, 1.54) is 18.2 Å². The fraction of sp³-hybridized carbons (Fsp3) is 0.538. The molecule has 2 fully saturated rings. The number of ether oxygens (including phenoxy) is 2. The summed E-state index contributed by atoms with van der Waals surface area (Å²) in [7, 11) is 1.54. The SMILES string of the molecule is COc1ccc(C(CN2CCNCC2)C2(O)CCCCC2)cc1-c1cccc(OC(F)(F)F)c1.Cl.Cl. The summed E-state index contributed by atoms with van der Waals surface area (Å²) in [6, 6.07) is 11.7. The van der Waals surface area contributed by atoms with E-state index in [0.29, 0.717) is 16.9 Å². The van der Waals surface area contributed by atoms with E-state index in [4.69, 9.17) is 4.74 Å². The normalized spacial score (nSPS) is 18.9. The fourth-order valence-corrected chi connectivity index (χ4v) is 5.28. The van der Waals surface area contributed by atoms with E-state index in [1.54, 1.807) is 13.2 Å². The van der Waals surface area contributed by atoms with E-state index in [0.717, 1.165) is 70.4 Å². The first-order valence-corrected chi connectivity index (χ1v) is 12.0. The summed E-state index contributed by atoms with van der Waals surface area (Å²) in [5.74, 6) is 0.176. The van der Waals surface area contributed by atoms with Crippen LogP contribution >= 0.6 is 24.8 Å². The van der Waals surface area contributed by atoms with Gasteiger partial charge >= 0.3 is 6.36 Å². The average molecular weight is 551 g/mol. The number of nitrogens with zero attached hydrogens (tertiary/aromatic N) is 1. The Morgan fingerprint density at radius 1 is 1.03 bits per heavy atom. The molecule has 1 heterocycles. The Bertz CT molecular complexity index is 966. The van der Waals surface area contributed by atoms with Crippen LogP contribution in [0, 0.1) is 0 Å². The van der Waals surface area contributed by atoms with E-state index in [2.05, 4.69) is 15.0 Å². The third-order valence-corrected chi connectivity index (χ3v) is 7.02. The van der Waals surface area contributed by atoms with Crippen molar-refractivity contribution >= 4 is 24.8 Å². The maximum atomic E-state index is 12.8. The summed E-state index contributed by atoms with van der Waals surface area (Å²) in [5.41, 5.74) is 1.41. The van der Waals surface area contributed by atoms with Gasteiger partial charge in [0.1, 0.15) is 11.5 Å². The second kappa shape index (κ2) is 13.2. The Morgan fingerprint density at radius 2 is 1.72 bits per heavy atom. The quantitative estimate of drug-likeness (QED) is 0.457. The number of piperazine rings is 1. The van der Waals surface area contributed by atoms with Gasteiger partial charge in [-0.25, -0.2) is 0 Å². The minimum atomic E-state index is -4.76. The predicted octanol–water partition coefficient (Wildman–Crippen LogP) is 5.79. The van der Waals surface area contributed by atoms with Crippen LogP contribution < -0.4 is 14.8 Å². The van der Waals surface area contributed by atoms with Gasteiger partial charge in [-0.2, -0.15) is 0 Å². The van der Waals surface area contributed by atoms with Crippen LogP contribution in [0.15, 0.2) is 42.5 Å².